The van der Waals surface area contributed by atoms with Crippen LogP contribution in [0.4, 0.5) is 5.13 Å². The number of anilines is 1. The lowest BCUT2D eigenvalue weighted by atomic mass is 10.1. The number of amides is 1. The number of rotatable bonds is 6. The lowest BCUT2D eigenvalue weighted by molar-refractivity contribution is 0.0532. The maximum atomic E-state index is 12.6. The van der Waals surface area contributed by atoms with Crippen molar-refractivity contribution < 1.29 is 19.1 Å². The Balaban J connectivity index is 1.94. The van der Waals surface area contributed by atoms with Crippen LogP contribution in [0.25, 0.3) is 11.3 Å². The van der Waals surface area contributed by atoms with Crippen LogP contribution in [0, 0.1) is 0 Å². The number of carbonyl (C=O) groups excluding carboxylic acids is 2. The molecule has 0 radical (unpaired) electrons. The van der Waals surface area contributed by atoms with Gasteiger partial charge in [0.25, 0.3) is 5.91 Å². The second-order valence-electron chi connectivity index (χ2n) is 5.44. The molecule has 0 atom stereocenters. The fourth-order valence-corrected chi connectivity index (χ4v) is 3.37. The van der Waals surface area contributed by atoms with Crippen LogP contribution in [0.15, 0.2) is 54.6 Å². The van der Waals surface area contributed by atoms with E-state index in [9.17, 15) is 9.59 Å². The van der Waals surface area contributed by atoms with E-state index in [1.54, 1.807) is 31.2 Å². The third-order valence-corrected chi connectivity index (χ3v) is 4.66. The number of esters is 1. The molecule has 1 N–H and O–H groups in total. The zero-order valence-electron chi connectivity index (χ0n) is 14.9. The molecule has 0 aliphatic heterocycles. The van der Waals surface area contributed by atoms with Crippen molar-refractivity contribution in [3.05, 3.63) is 65.0 Å². The number of methoxy groups -OCH3 is 1. The second kappa shape index (κ2) is 8.46. The van der Waals surface area contributed by atoms with Gasteiger partial charge in [0.15, 0.2) is 5.13 Å². The number of hydrogen-bond donors (Lipinski definition) is 1. The average molecular weight is 382 g/mol. The molecule has 0 unspecified atom stereocenters. The molecule has 27 heavy (non-hydrogen) atoms. The van der Waals surface area contributed by atoms with Crippen molar-refractivity contribution in [2.24, 2.45) is 0 Å². The highest BCUT2D eigenvalue weighted by molar-refractivity contribution is 7.18. The number of benzene rings is 2. The van der Waals surface area contributed by atoms with Crippen molar-refractivity contribution in [3.8, 4) is 17.0 Å². The summed E-state index contributed by atoms with van der Waals surface area (Å²) in [5, 5.41) is 3.05. The predicted molar refractivity (Wildman–Crippen MR) is 104 cm³/mol. The Morgan fingerprint density at radius 3 is 2.48 bits per heavy atom. The molecule has 0 aliphatic carbocycles. The molecular weight excluding hydrogens is 364 g/mol. The first-order chi connectivity index (χ1) is 13.1. The van der Waals surface area contributed by atoms with Crippen LogP contribution in [-0.4, -0.2) is 30.6 Å². The maximum Gasteiger partial charge on any atom is 0.350 e. The summed E-state index contributed by atoms with van der Waals surface area (Å²) in [6.45, 7) is 2.00. The number of nitrogens with one attached hydrogen (secondary N) is 1. The summed E-state index contributed by atoms with van der Waals surface area (Å²) in [7, 11) is 1.50. The van der Waals surface area contributed by atoms with E-state index < -0.39 is 5.97 Å². The number of carbonyl (C=O) groups is 2. The van der Waals surface area contributed by atoms with E-state index in [-0.39, 0.29) is 12.5 Å². The zero-order chi connectivity index (χ0) is 19.2. The molecule has 3 aromatic rings. The van der Waals surface area contributed by atoms with E-state index >= 15 is 0 Å². The fraction of sp³-hybridized carbons (Fsp3) is 0.150. The number of hydrogen-bond acceptors (Lipinski definition) is 6. The van der Waals surface area contributed by atoms with Crippen molar-refractivity contribution in [3.63, 3.8) is 0 Å². The number of thiazole rings is 1. The fourth-order valence-electron chi connectivity index (χ4n) is 2.50. The van der Waals surface area contributed by atoms with E-state index in [2.05, 4.69) is 10.3 Å². The van der Waals surface area contributed by atoms with E-state index in [0.717, 1.165) is 16.9 Å². The summed E-state index contributed by atoms with van der Waals surface area (Å²) >= 11 is 1.08. The Morgan fingerprint density at radius 2 is 1.78 bits per heavy atom. The Bertz CT molecular complexity index is 954. The molecule has 6 nitrogen and oxygen atoms in total. The van der Waals surface area contributed by atoms with Gasteiger partial charge >= 0.3 is 5.97 Å². The third kappa shape index (κ3) is 4.15. The van der Waals surface area contributed by atoms with Crippen molar-refractivity contribution >= 4 is 28.3 Å². The second-order valence-corrected chi connectivity index (χ2v) is 6.44. The number of para-hydroxylation sites is 1. The minimum Gasteiger partial charge on any atom is -0.496 e. The van der Waals surface area contributed by atoms with E-state index in [4.69, 9.17) is 9.47 Å². The Morgan fingerprint density at radius 1 is 1.07 bits per heavy atom. The molecule has 1 amide bonds. The van der Waals surface area contributed by atoms with Crippen LogP contribution in [0.3, 0.4) is 0 Å². The lowest BCUT2D eigenvalue weighted by Gasteiger charge is -2.07. The smallest absolute Gasteiger partial charge is 0.350 e. The highest BCUT2D eigenvalue weighted by Crippen LogP contribution is 2.32. The number of nitrogens with zero attached hydrogens (tertiary/aromatic N) is 1. The lowest BCUT2D eigenvalue weighted by Crippen LogP contribution is -2.12. The molecule has 0 saturated heterocycles. The molecule has 2 aromatic carbocycles. The van der Waals surface area contributed by atoms with Crippen molar-refractivity contribution in [2.45, 2.75) is 6.92 Å². The van der Waals surface area contributed by atoms with Gasteiger partial charge in [-0.25, -0.2) is 9.78 Å². The largest absolute Gasteiger partial charge is 0.496 e. The normalized spacial score (nSPS) is 10.3. The molecule has 0 bridgehead atoms. The van der Waals surface area contributed by atoms with Gasteiger partial charge in [0.1, 0.15) is 10.6 Å². The monoisotopic (exact) mass is 382 g/mol. The topological polar surface area (TPSA) is 77.5 Å². The first kappa shape index (κ1) is 18.6. The molecule has 1 aromatic heterocycles. The highest BCUT2D eigenvalue weighted by atomic mass is 32.1. The summed E-state index contributed by atoms with van der Waals surface area (Å²) in [6, 6.07) is 16.2. The summed E-state index contributed by atoms with van der Waals surface area (Å²) in [5.41, 5.74) is 1.64. The molecule has 138 valence electrons. The van der Waals surface area contributed by atoms with Gasteiger partial charge in [-0.3, -0.25) is 10.1 Å². The van der Waals surface area contributed by atoms with Crippen LogP contribution in [0.2, 0.25) is 0 Å². The van der Waals surface area contributed by atoms with Crippen LogP contribution in [0.5, 0.6) is 5.75 Å². The van der Waals surface area contributed by atoms with Gasteiger partial charge in [0, 0.05) is 5.56 Å². The van der Waals surface area contributed by atoms with E-state index in [1.165, 1.54) is 7.11 Å². The third-order valence-electron chi connectivity index (χ3n) is 3.71. The van der Waals surface area contributed by atoms with Gasteiger partial charge in [-0.2, -0.15) is 0 Å². The molecule has 3 rings (SSSR count). The first-order valence-electron chi connectivity index (χ1n) is 8.31. The molecule has 7 heteroatoms. The molecule has 0 spiro atoms. The molecule has 1 heterocycles. The highest BCUT2D eigenvalue weighted by Gasteiger charge is 2.22. The number of aromatic nitrogens is 1. The minimum absolute atomic E-state index is 0.258. The summed E-state index contributed by atoms with van der Waals surface area (Å²) in [4.78, 5) is 29.7. The number of ether oxygens (including phenoxy) is 2. The van der Waals surface area contributed by atoms with Crippen LogP contribution in [-0.2, 0) is 4.74 Å². The SMILES string of the molecule is CCOC(=O)c1sc(NC(=O)c2ccccc2OC)nc1-c1ccccc1. The Labute approximate surface area is 160 Å². The maximum absolute atomic E-state index is 12.6. The van der Waals surface area contributed by atoms with E-state index in [1.807, 2.05) is 30.3 Å². The van der Waals surface area contributed by atoms with Gasteiger partial charge < -0.3 is 9.47 Å². The van der Waals surface area contributed by atoms with Crippen molar-refractivity contribution in [1.29, 1.82) is 0 Å². The minimum atomic E-state index is -0.466. The summed E-state index contributed by atoms with van der Waals surface area (Å²) in [6.07, 6.45) is 0. The molecule has 0 saturated carbocycles. The van der Waals surface area contributed by atoms with Crippen LogP contribution in [0.1, 0.15) is 27.0 Å². The summed E-state index contributed by atoms with van der Waals surface area (Å²) in [5.74, 6) is -0.372. The summed E-state index contributed by atoms with van der Waals surface area (Å²) < 4.78 is 10.3. The van der Waals surface area contributed by atoms with Crippen LogP contribution >= 0.6 is 11.3 Å². The van der Waals surface area contributed by atoms with Gasteiger partial charge in [-0.05, 0) is 19.1 Å². The van der Waals surface area contributed by atoms with Gasteiger partial charge in [-0.1, -0.05) is 53.8 Å². The molecule has 0 fully saturated rings. The molecule has 0 aliphatic rings. The van der Waals surface area contributed by atoms with Gasteiger partial charge in [-0.15, -0.1) is 0 Å². The Kier molecular flexibility index (Phi) is 5.83. The standard InChI is InChI=1S/C20H18N2O4S/c1-3-26-19(24)17-16(13-9-5-4-6-10-13)21-20(27-17)22-18(23)14-11-7-8-12-15(14)25-2/h4-12H,3H2,1-2H3,(H,21,22,23). The molecular formula is C20H18N2O4S. The predicted octanol–water partition coefficient (Wildman–Crippen LogP) is 4.25. The van der Waals surface area contributed by atoms with Crippen LogP contribution < -0.4 is 10.1 Å². The zero-order valence-corrected chi connectivity index (χ0v) is 15.7. The van der Waals surface area contributed by atoms with Crippen molar-refractivity contribution in [2.75, 3.05) is 19.0 Å². The van der Waals surface area contributed by atoms with Gasteiger partial charge in [0.2, 0.25) is 0 Å². The van der Waals surface area contributed by atoms with E-state index in [0.29, 0.717) is 27.0 Å². The first-order valence-corrected chi connectivity index (χ1v) is 9.13. The Hall–Kier alpha value is -3.19. The quantitative estimate of drug-likeness (QED) is 0.645. The van der Waals surface area contributed by atoms with Crippen molar-refractivity contribution in [1.82, 2.24) is 4.98 Å². The van der Waals surface area contributed by atoms with Gasteiger partial charge in [0.05, 0.1) is 25.0 Å². The average Bonchev–Trinajstić information content (AvgIpc) is 3.12.